The molecule has 1 amide bonds. The molecule has 29 heteroatoms. The number of carbonyl (C=O) groups is 3. The second-order valence-electron chi connectivity index (χ2n) is 20.1. The smallest absolute Gasteiger partial charge is 0.411 e. The summed E-state index contributed by atoms with van der Waals surface area (Å²) in [5.74, 6) is 11.3. The Hall–Kier alpha value is -2.94. The molecule has 1 aromatic rings. The van der Waals surface area contributed by atoms with Crippen molar-refractivity contribution in [3.8, 4) is 40.9 Å². The average molecular weight is 1370 g/mol. The molecule has 19 unspecified atom stereocenters. The number of nitrogens with one attached hydrogen (secondary N) is 3. The van der Waals surface area contributed by atoms with Crippen molar-refractivity contribution in [2.75, 3.05) is 60.7 Å². The van der Waals surface area contributed by atoms with Crippen molar-refractivity contribution in [3.63, 3.8) is 0 Å². The maximum absolute atomic E-state index is 14.4. The third kappa shape index (κ3) is 15.7. The van der Waals surface area contributed by atoms with Gasteiger partial charge in [-0.2, -0.15) is 5.48 Å². The van der Waals surface area contributed by atoms with E-state index in [1.807, 2.05) is 35.8 Å². The molecule has 4 saturated heterocycles. The number of thioether (sulfide) groups is 1. The standard InChI is InChI=1S/C55H74IN3O21S4/c1-12-57-30-24-73-35(22-34(30)68-6)78-48-43(63)40(26(3)75-53(48)77-33-17-15-13-14-16-19-55(67)23-32(61)41(58-54(66)72-10)38(33)29(55)18-20-82-84-81-11)59-80-36-21-31(60)50(28(5)74-36)83-51(65)37-25(2)39(56)46(49(71-9)45(37)69-7)79-52-44(64)47(70-8)42(62)27(4)76-52/h13-14,18,26-28,30-31,33-36,40,42-44,47-48,50,52-53,57,59-60,62-64,67H,12,20-24H2,1-11H3,(H,58,66). The molecule has 0 saturated carbocycles. The number of allylic oxidation sites excluding steroid dienone is 3. The van der Waals surface area contributed by atoms with E-state index >= 15 is 0 Å². The van der Waals surface area contributed by atoms with Gasteiger partial charge in [0, 0.05) is 44.0 Å². The van der Waals surface area contributed by atoms with E-state index in [2.05, 4.69) is 39.8 Å². The molecule has 466 valence electrons. The predicted molar refractivity (Wildman–Crippen MR) is 320 cm³/mol. The highest BCUT2D eigenvalue weighted by molar-refractivity contribution is 14.1. The van der Waals surface area contributed by atoms with Crippen LogP contribution in [0.25, 0.3) is 0 Å². The maximum Gasteiger partial charge on any atom is 0.411 e. The summed E-state index contributed by atoms with van der Waals surface area (Å²) in [6.45, 7) is 9.41. The lowest BCUT2D eigenvalue weighted by atomic mass is 9.75. The van der Waals surface area contributed by atoms with Crippen LogP contribution in [-0.4, -0.2) is 218 Å². The second kappa shape index (κ2) is 31.5. The van der Waals surface area contributed by atoms with Gasteiger partial charge in [-0.05, 0) is 90.6 Å². The number of likely N-dealkylation sites (N-methyl/N-ethyl adjacent to an activating group) is 1. The lowest BCUT2D eigenvalue weighted by Crippen LogP contribution is -2.65. The minimum atomic E-state index is -2.05. The van der Waals surface area contributed by atoms with Crippen LogP contribution in [0.1, 0.15) is 62.9 Å². The highest BCUT2D eigenvalue weighted by Crippen LogP contribution is 2.49. The lowest BCUT2D eigenvalue weighted by Gasteiger charge is -2.46. The van der Waals surface area contributed by atoms with Crippen molar-refractivity contribution in [2.45, 2.75) is 169 Å². The summed E-state index contributed by atoms with van der Waals surface area (Å²) < 4.78 is 72.5. The predicted octanol–water partition coefficient (Wildman–Crippen LogP) is 3.20. The number of hydroxylamine groups is 1. The van der Waals surface area contributed by atoms with E-state index in [0.717, 1.165) is 18.9 Å². The Morgan fingerprint density at radius 3 is 2.27 bits per heavy atom. The van der Waals surface area contributed by atoms with Crippen LogP contribution in [-0.2, 0) is 52.3 Å². The molecule has 6 aliphatic rings. The second-order valence-corrected chi connectivity index (χ2v) is 26.7. The monoisotopic (exact) mass is 1370 g/mol. The first-order valence-corrected chi connectivity index (χ1v) is 32.9. The number of ketones is 1. The van der Waals surface area contributed by atoms with Crippen LogP contribution in [0.15, 0.2) is 35.1 Å². The summed E-state index contributed by atoms with van der Waals surface area (Å²) in [5.41, 5.74) is 1.30. The Morgan fingerprint density at radius 2 is 1.61 bits per heavy atom. The third-order valence-corrected chi connectivity index (χ3v) is 21.2. The van der Waals surface area contributed by atoms with Crippen molar-refractivity contribution < 1.29 is 102 Å². The number of methoxy groups -OCH3 is 5. The molecule has 2 aliphatic carbocycles. The first-order chi connectivity index (χ1) is 40.2. The summed E-state index contributed by atoms with van der Waals surface area (Å²) in [4.78, 5) is 47.5. The average Bonchev–Trinajstić information content (AvgIpc) is 1.36. The molecule has 19 atom stereocenters. The van der Waals surface area contributed by atoms with Crippen molar-refractivity contribution in [1.82, 2.24) is 16.1 Å². The number of amides is 1. The highest BCUT2D eigenvalue weighted by Gasteiger charge is 2.52. The summed E-state index contributed by atoms with van der Waals surface area (Å²) in [5, 5.41) is 62.7. The Labute approximate surface area is 517 Å². The number of carbonyl (C=O) groups excluding carboxylic acids is 3. The van der Waals surface area contributed by atoms with E-state index in [1.165, 1.54) is 64.9 Å². The number of alkyl carbamates (subject to hydrolysis) is 1. The Balaban J connectivity index is 1.12. The number of aliphatic hydroxyl groups is 5. The first kappa shape index (κ1) is 68.5. The number of benzene rings is 1. The molecule has 4 aliphatic heterocycles. The van der Waals surface area contributed by atoms with Gasteiger partial charge in [-0.3, -0.25) is 19.7 Å². The largest absolute Gasteiger partial charge is 0.492 e. The molecule has 24 nitrogen and oxygen atoms in total. The Bertz CT molecular complexity index is 2710. The van der Waals surface area contributed by atoms with Gasteiger partial charge < -0.3 is 87.7 Å². The summed E-state index contributed by atoms with van der Waals surface area (Å²) in [7, 11) is 11.3. The Morgan fingerprint density at radius 1 is 0.881 bits per heavy atom. The van der Waals surface area contributed by atoms with Crippen LogP contribution in [0.2, 0.25) is 0 Å². The molecule has 2 bridgehead atoms. The fourth-order valence-electron chi connectivity index (χ4n) is 10.5. The van der Waals surface area contributed by atoms with Gasteiger partial charge in [0.25, 0.3) is 0 Å². The molecule has 84 heavy (non-hydrogen) atoms. The Kier molecular flexibility index (Phi) is 25.7. The van der Waals surface area contributed by atoms with Crippen molar-refractivity contribution >= 4 is 82.8 Å². The molecular weight excluding hydrogens is 1290 g/mol. The van der Waals surface area contributed by atoms with Gasteiger partial charge >= 0.3 is 6.09 Å². The van der Waals surface area contributed by atoms with E-state index in [0.29, 0.717) is 21.4 Å². The van der Waals surface area contributed by atoms with Gasteiger partial charge in [-0.25, -0.2) is 4.79 Å². The molecule has 8 N–H and O–H groups in total. The van der Waals surface area contributed by atoms with E-state index in [4.69, 9.17) is 61.7 Å². The minimum Gasteiger partial charge on any atom is -0.492 e. The minimum absolute atomic E-state index is 0.0155. The van der Waals surface area contributed by atoms with Crippen LogP contribution in [0.5, 0.6) is 17.2 Å². The molecule has 4 fully saturated rings. The quantitative estimate of drug-likeness (QED) is 0.0272. The van der Waals surface area contributed by atoms with Crippen molar-refractivity contribution in [1.29, 1.82) is 0 Å². The van der Waals surface area contributed by atoms with Gasteiger partial charge in [0.1, 0.15) is 36.6 Å². The normalized spacial score (nSPS) is 35.5. The molecule has 0 radical (unpaired) electrons. The van der Waals surface area contributed by atoms with Crippen LogP contribution in [0, 0.1) is 34.2 Å². The number of hydrogen-bond acceptors (Lipinski definition) is 27. The third-order valence-electron chi connectivity index (χ3n) is 14.8. The van der Waals surface area contributed by atoms with Crippen LogP contribution < -0.4 is 30.3 Å². The topological polar surface area (TPSA) is 308 Å². The van der Waals surface area contributed by atoms with Crippen LogP contribution in [0.3, 0.4) is 0 Å². The molecule has 0 aromatic heterocycles. The van der Waals surface area contributed by atoms with E-state index in [1.54, 1.807) is 40.9 Å². The van der Waals surface area contributed by atoms with E-state index in [-0.39, 0.29) is 71.2 Å². The van der Waals surface area contributed by atoms with Crippen LogP contribution >= 0.6 is 65.8 Å². The number of aliphatic hydroxyl groups excluding tert-OH is 4. The summed E-state index contributed by atoms with van der Waals surface area (Å²) in [6, 6.07) is -1.27. The first-order valence-electron chi connectivity index (χ1n) is 26.9. The van der Waals surface area contributed by atoms with Crippen molar-refractivity contribution in [2.24, 2.45) is 0 Å². The molecular formula is C55H74IN3O21S4. The van der Waals surface area contributed by atoms with Gasteiger partial charge in [0.2, 0.25) is 17.2 Å². The van der Waals surface area contributed by atoms with Gasteiger partial charge in [-0.1, -0.05) is 70.0 Å². The zero-order chi connectivity index (χ0) is 61.2. The van der Waals surface area contributed by atoms with Gasteiger partial charge in [-0.15, -0.1) is 0 Å². The van der Waals surface area contributed by atoms with Crippen LogP contribution in [0.4, 0.5) is 4.79 Å². The number of rotatable bonds is 22. The number of Topliss-reactive ketones (excluding diaryl/α,β-unsaturated/α-hetero) is 1. The van der Waals surface area contributed by atoms with Crippen molar-refractivity contribution in [3.05, 3.63) is 49.8 Å². The van der Waals surface area contributed by atoms with E-state index in [9.17, 15) is 39.9 Å². The highest BCUT2D eigenvalue weighted by atomic mass is 127. The lowest BCUT2D eigenvalue weighted by molar-refractivity contribution is -0.336. The number of hydrogen-bond donors (Lipinski definition) is 8. The molecule has 0 spiro atoms. The maximum atomic E-state index is 14.4. The zero-order valence-electron chi connectivity index (χ0n) is 48.1. The number of fused-ring (bicyclic) bond motifs is 2. The molecule has 7 rings (SSSR count). The summed E-state index contributed by atoms with van der Waals surface area (Å²) >= 11 is 2.83. The number of halogens is 1. The molecule has 4 heterocycles. The SMILES string of the molecule is CCNC1COC(OC2C(OC3C#CC=CC#CC4(O)CC(=O)C(NC(=O)OC)=C3C4=CCSSSC)OC(C)C(NOC3CC(O)C(SC(=O)c4c(C)c(I)c(OC5OC(C)C(O)C(OC)C5O)c(OC)c4OC)C(C)O3)C2O)CC1OC. The summed E-state index contributed by atoms with van der Waals surface area (Å²) in [6.07, 6.45) is -11.9. The van der Waals surface area contributed by atoms with Gasteiger partial charge in [0.15, 0.2) is 41.8 Å². The fourth-order valence-corrected chi connectivity index (χ4v) is 14.7. The van der Waals surface area contributed by atoms with E-state index < -0.39 is 127 Å². The van der Waals surface area contributed by atoms with Gasteiger partial charge in [0.05, 0.1) is 97.0 Å². The molecule has 1 aromatic carbocycles. The number of ether oxygens (including phenoxy) is 12. The fraction of sp³-hybridized carbons (Fsp3) is 0.655. The zero-order valence-corrected chi connectivity index (χ0v) is 53.6.